The zero-order chi connectivity index (χ0) is 21.4. The minimum absolute atomic E-state index is 0.00807. The van der Waals surface area contributed by atoms with Crippen LogP contribution in [0.25, 0.3) is 0 Å². The van der Waals surface area contributed by atoms with Crippen molar-refractivity contribution in [1.29, 1.82) is 0 Å². The first-order valence-electron chi connectivity index (χ1n) is 8.97. The first-order chi connectivity index (χ1) is 14.4. The van der Waals surface area contributed by atoms with Crippen LogP contribution in [-0.2, 0) is 21.4 Å². The fourth-order valence-corrected chi connectivity index (χ4v) is 4.12. The number of carbonyl (C=O) groups excluding carboxylic acids is 1. The Morgan fingerprint density at radius 1 is 1.07 bits per heavy atom. The second kappa shape index (κ2) is 10.1. The molecule has 3 aromatic rings. The molecule has 1 N–H and O–H groups in total. The molecule has 0 aliphatic carbocycles. The van der Waals surface area contributed by atoms with Crippen molar-refractivity contribution in [1.82, 2.24) is 14.7 Å². The lowest BCUT2D eigenvalue weighted by atomic mass is 10.2. The number of nitrogens with one attached hydrogen (secondary N) is 1. The summed E-state index contributed by atoms with van der Waals surface area (Å²) in [7, 11) is -3.90. The maximum absolute atomic E-state index is 13.1. The Bertz CT molecular complexity index is 1110. The molecule has 0 radical (unpaired) electrons. The van der Waals surface area contributed by atoms with E-state index in [1.54, 1.807) is 67.0 Å². The number of hydrazone groups is 1. The number of carbonyl (C=O) groups is 1. The third kappa shape index (κ3) is 5.96. The average molecular weight is 443 g/mol. The van der Waals surface area contributed by atoms with Crippen molar-refractivity contribution in [3.63, 3.8) is 0 Å². The Morgan fingerprint density at radius 3 is 2.47 bits per heavy atom. The van der Waals surface area contributed by atoms with E-state index < -0.39 is 22.5 Å². The SMILES string of the molecule is O=C(CN(Cc1ccc(Cl)cc1)S(=O)(=O)c1ccccc1)N/N=C\c1cccnc1. The van der Waals surface area contributed by atoms with Gasteiger partial charge in [-0.15, -0.1) is 0 Å². The number of rotatable bonds is 8. The van der Waals surface area contributed by atoms with Crippen LogP contribution >= 0.6 is 11.6 Å². The number of hydrogen-bond donors (Lipinski definition) is 1. The zero-order valence-electron chi connectivity index (χ0n) is 15.8. The van der Waals surface area contributed by atoms with Crippen molar-refractivity contribution in [2.45, 2.75) is 11.4 Å². The number of amides is 1. The molecule has 1 heterocycles. The molecule has 0 saturated carbocycles. The van der Waals surface area contributed by atoms with E-state index in [1.807, 2.05) is 0 Å². The van der Waals surface area contributed by atoms with Crippen molar-refractivity contribution in [2.24, 2.45) is 5.10 Å². The summed E-state index contributed by atoms with van der Waals surface area (Å²) in [6, 6.07) is 18.2. The highest BCUT2D eigenvalue weighted by Gasteiger charge is 2.26. The fraction of sp³-hybridized carbons (Fsp3) is 0.0952. The molecule has 7 nitrogen and oxygen atoms in total. The van der Waals surface area contributed by atoms with E-state index in [1.165, 1.54) is 18.3 Å². The third-order valence-corrected chi connectivity index (χ3v) is 6.12. The highest BCUT2D eigenvalue weighted by molar-refractivity contribution is 7.89. The third-order valence-electron chi connectivity index (χ3n) is 4.06. The van der Waals surface area contributed by atoms with Crippen LogP contribution in [0.5, 0.6) is 0 Å². The van der Waals surface area contributed by atoms with Gasteiger partial charge in [0.15, 0.2) is 0 Å². The van der Waals surface area contributed by atoms with E-state index in [0.717, 1.165) is 4.31 Å². The number of nitrogens with zero attached hydrogens (tertiary/aromatic N) is 3. The first-order valence-corrected chi connectivity index (χ1v) is 10.8. The quantitative estimate of drug-likeness (QED) is 0.428. The van der Waals surface area contributed by atoms with E-state index in [9.17, 15) is 13.2 Å². The molecular formula is C21H19ClN4O3S. The molecule has 0 atom stereocenters. The topological polar surface area (TPSA) is 91.7 Å². The van der Waals surface area contributed by atoms with Gasteiger partial charge in [0.25, 0.3) is 5.91 Å². The average Bonchev–Trinajstić information content (AvgIpc) is 2.76. The summed E-state index contributed by atoms with van der Waals surface area (Å²) in [5, 5.41) is 4.41. The molecule has 0 fully saturated rings. The van der Waals surface area contributed by atoms with E-state index >= 15 is 0 Å². The van der Waals surface area contributed by atoms with E-state index in [-0.39, 0.29) is 11.4 Å². The minimum atomic E-state index is -3.90. The number of halogens is 1. The minimum Gasteiger partial charge on any atom is -0.272 e. The van der Waals surface area contributed by atoms with Crippen molar-refractivity contribution < 1.29 is 13.2 Å². The number of hydrogen-bond acceptors (Lipinski definition) is 5. The van der Waals surface area contributed by atoms with Crippen molar-refractivity contribution in [2.75, 3.05) is 6.54 Å². The summed E-state index contributed by atoms with van der Waals surface area (Å²) in [5.41, 5.74) is 3.76. The van der Waals surface area contributed by atoms with Gasteiger partial charge in [0.2, 0.25) is 10.0 Å². The highest BCUT2D eigenvalue weighted by atomic mass is 35.5. The molecule has 0 aliphatic rings. The van der Waals surface area contributed by atoms with Gasteiger partial charge in [0.05, 0.1) is 17.7 Å². The van der Waals surface area contributed by atoms with Crippen molar-refractivity contribution in [3.8, 4) is 0 Å². The van der Waals surface area contributed by atoms with E-state index in [2.05, 4.69) is 15.5 Å². The van der Waals surface area contributed by atoms with Crippen LogP contribution in [0.15, 0.2) is 89.1 Å². The molecule has 0 bridgehead atoms. The van der Waals surface area contributed by atoms with Gasteiger partial charge < -0.3 is 0 Å². The predicted octanol–water partition coefficient (Wildman–Crippen LogP) is 3.08. The predicted molar refractivity (Wildman–Crippen MR) is 115 cm³/mol. The Hall–Kier alpha value is -3.07. The van der Waals surface area contributed by atoms with Crippen molar-refractivity contribution >= 4 is 33.7 Å². The van der Waals surface area contributed by atoms with Gasteiger partial charge in [0, 0.05) is 29.5 Å². The van der Waals surface area contributed by atoms with Crippen LogP contribution in [0.4, 0.5) is 0 Å². The van der Waals surface area contributed by atoms with Gasteiger partial charge >= 0.3 is 0 Å². The van der Waals surface area contributed by atoms with Crippen LogP contribution in [0.1, 0.15) is 11.1 Å². The molecule has 0 unspecified atom stereocenters. The van der Waals surface area contributed by atoms with Gasteiger partial charge in [-0.25, -0.2) is 13.8 Å². The van der Waals surface area contributed by atoms with Crippen molar-refractivity contribution in [3.05, 3.63) is 95.3 Å². The summed E-state index contributed by atoms with van der Waals surface area (Å²) in [6.07, 6.45) is 4.64. The molecule has 30 heavy (non-hydrogen) atoms. The number of benzene rings is 2. The number of aromatic nitrogens is 1. The molecule has 2 aromatic carbocycles. The summed E-state index contributed by atoms with van der Waals surface area (Å²) in [5.74, 6) is -0.566. The van der Waals surface area contributed by atoms with Gasteiger partial charge in [-0.1, -0.05) is 48.0 Å². The number of pyridine rings is 1. The molecule has 9 heteroatoms. The van der Waals surface area contributed by atoms with Crippen LogP contribution < -0.4 is 5.43 Å². The van der Waals surface area contributed by atoms with Gasteiger partial charge in [-0.3, -0.25) is 9.78 Å². The van der Waals surface area contributed by atoms with Crippen LogP contribution in [0.3, 0.4) is 0 Å². The molecular weight excluding hydrogens is 424 g/mol. The Balaban J connectivity index is 1.77. The van der Waals surface area contributed by atoms with Gasteiger partial charge in [0.1, 0.15) is 0 Å². The molecule has 3 rings (SSSR count). The lowest BCUT2D eigenvalue weighted by Gasteiger charge is -2.21. The molecule has 0 saturated heterocycles. The second-order valence-corrected chi connectivity index (χ2v) is 8.67. The molecule has 0 spiro atoms. The van der Waals surface area contributed by atoms with Gasteiger partial charge in [-0.05, 0) is 35.9 Å². The lowest BCUT2D eigenvalue weighted by Crippen LogP contribution is -2.39. The molecule has 0 aliphatic heterocycles. The molecule has 154 valence electrons. The summed E-state index contributed by atoms with van der Waals surface area (Å²) in [6.45, 7) is -0.391. The highest BCUT2D eigenvalue weighted by Crippen LogP contribution is 2.19. The van der Waals surface area contributed by atoms with E-state index in [0.29, 0.717) is 16.1 Å². The Kier molecular flexibility index (Phi) is 7.29. The summed E-state index contributed by atoms with van der Waals surface area (Å²) >= 11 is 5.91. The second-order valence-electron chi connectivity index (χ2n) is 6.29. The lowest BCUT2D eigenvalue weighted by molar-refractivity contribution is -0.121. The largest absolute Gasteiger partial charge is 0.272 e. The van der Waals surface area contributed by atoms with Crippen LogP contribution in [-0.4, -0.2) is 36.4 Å². The van der Waals surface area contributed by atoms with Crippen LogP contribution in [0.2, 0.25) is 5.02 Å². The van der Waals surface area contributed by atoms with Gasteiger partial charge in [-0.2, -0.15) is 9.41 Å². The smallest absolute Gasteiger partial charge is 0.255 e. The fourth-order valence-electron chi connectivity index (χ4n) is 2.59. The Morgan fingerprint density at radius 2 is 1.80 bits per heavy atom. The molecule has 1 amide bonds. The Labute approximate surface area is 180 Å². The van der Waals surface area contributed by atoms with E-state index in [4.69, 9.17) is 11.6 Å². The monoisotopic (exact) mass is 442 g/mol. The maximum Gasteiger partial charge on any atom is 0.255 e. The zero-order valence-corrected chi connectivity index (χ0v) is 17.4. The number of sulfonamides is 1. The first kappa shape index (κ1) is 21.6. The maximum atomic E-state index is 13.1. The molecule has 1 aromatic heterocycles. The summed E-state index contributed by atoms with van der Waals surface area (Å²) < 4.78 is 27.3. The summed E-state index contributed by atoms with van der Waals surface area (Å²) in [4.78, 5) is 16.4. The standard InChI is InChI=1S/C21H19ClN4O3S/c22-19-10-8-17(9-11-19)15-26(30(28,29)20-6-2-1-3-7-20)16-21(27)25-24-14-18-5-4-12-23-13-18/h1-14H,15-16H2,(H,25,27)/b24-14-. The normalized spacial score (nSPS) is 11.7. The van der Waals surface area contributed by atoms with Crippen LogP contribution in [0, 0.1) is 0 Å².